The number of carbonyl (C=O) groups is 1. The van der Waals surface area contributed by atoms with Gasteiger partial charge in [-0.05, 0) is 30.4 Å². The van der Waals surface area contributed by atoms with Crippen LogP contribution >= 0.6 is 0 Å². The van der Waals surface area contributed by atoms with Gasteiger partial charge in [-0.25, -0.2) is 4.98 Å². The van der Waals surface area contributed by atoms with Gasteiger partial charge in [-0.1, -0.05) is 38.0 Å². The number of ketones is 1. The number of halogens is 3. The number of anilines is 1. The van der Waals surface area contributed by atoms with Crippen LogP contribution in [0.3, 0.4) is 0 Å². The first-order valence-corrected chi connectivity index (χ1v) is 12.5. The van der Waals surface area contributed by atoms with Gasteiger partial charge in [-0.15, -0.1) is 13.2 Å². The van der Waals surface area contributed by atoms with Crippen molar-refractivity contribution in [2.75, 3.05) is 44.2 Å². The molecule has 0 spiro atoms. The zero-order valence-corrected chi connectivity index (χ0v) is 20.5. The number of rotatable bonds is 12. The van der Waals surface area contributed by atoms with Gasteiger partial charge in [-0.2, -0.15) is 0 Å². The Morgan fingerprint density at radius 2 is 2.00 bits per heavy atom. The molecular weight excluding hydrogens is 473 g/mol. The fourth-order valence-electron chi connectivity index (χ4n) is 4.74. The largest absolute Gasteiger partial charge is 0.522 e. The number of aromatic amines is 1. The van der Waals surface area contributed by atoms with Crippen LogP contribution in [0.5, 0.6) is 0 Å². The quantitative estimate of drug-likeness (QED) is 0.330. The Labute approximate surface area is 208 Å². The monoisotopic (exact) mass is 506 g/mol. The number of nitrogens with one attached hydrogen (secondary N) is 1. The molecule has 0 radical (unpaired) electrons. The number of benzene rings is 1. The highest BCUT2D eigenvalue weighted by molar-refractivity contribution is 5.93. The minimum atomic E-state index is -4.60. The van der Waals surface area contributed by atoms with E-state index in [9.17, 15) is 18.0 Å². The van der Waals surface area contributed by atoms with Crippen LogP contribution < -0.4 is 4.90 Å². The van der Waals surface area contributed by atoms with Gasteiger partial charge >= 0.3 is 6.36 Å². The third kappa shape index (κ3) is 7.10. The Kier molecular flexibility index (Phi) is 8.68. The minimum Gasteiger partial charge on any atom is -0.420 e. The van der Waals surface area contributed by atoms with Crippen molar-refractivity contribution in [3.05, 3.63) is 48.0 Å². The maximum absolute atomic E-state index is 13.1. The van der Waals surface area contributed by atoms with Crippen molar-refractivity contribution < 1.29 is 27.1 Å². The van der Waals surface area contributed by atoms with Gasteiger partial charge in [0.2, 0.25) is 0 Å². The van der Waals surface area contributed by atoms with Crippen LogP contribution in [0.4, 0.5) is 19.2 Å². The highest BCUT2D eigenvalue weighted by Crippen LogP contribution is 2.27. The van der Waals surface area contributed by atoms with E-state index in [1.54, 1.807) is 0 Å². The Bertz CT molecular complexity index is 1120. The summed E-state index contributed by atoms with van der Waals surface area (Å²) in [4.78, 5) is 24.5. The van der Waals surface area contributed by atoms with Gasteiger partial charge < -0.3 is 14.3 Å². The molecule has 2 aromatic heterocycles. The van der Waals surface area contributed by atoms with Gasteiger partial charge in [0.1, 0.15) is 0 Å². The van der Waals surface area contributed by atoms with Crippen LogP contribution in [0.2, 0.25) is 0 Å². The lowest BCUT2D eigenvalue weighted by Gasteiger charge is -2.33. The second-order valence-corrected chi connectivity index (χ2v) is 9.33. The fourth-order valence-corrected chi connectivity index (χ4v) is 4.74. The third-order valence-electron chi connectivity index (χ3n) is 6.71. The normalized spacial score (nSPS) is 16.1. The molecule has 1 N–H and O–H groups in total. The summed E-state index contributed by atoms with van der Waals surface area (Å²) in [6.07, 6.45) is 3.22. The number of hydrogen-bond donors (Lipinski definition) is 1. The lowest BCUT2D eigenvalue weighted by Crippen LogP contribution is -2.47. The number of hydrogen-bond acceptors (Lipinski definition) is 6. The second kappa shape index (κ2) is 11.9. The van der Waals surface area contributed by atoms with Gasteiger partial charge in [0, 0.05) is 56.2 Å². The maximum Gasteiger partial charge on any atom is 0.522 e. The van der Waals surface area contributed by atoms with Crippen molar-refractivity contribution in [3.8, 4) is 0 Å². The number of ether oxygens (including phenoxy) is 1. The molecule has 0 saturated carbocycles. The number of oxazole rings is 1. The van der Waals surface area contributed by atoms with Gasteiger partial charge in [-0.3, -0.25) is 14.4 Å². The lowest BCUT2D eigenvalue weighted by atomic mass is 9.89. The molecule has 10 heteroatoms. The third-order valence-corrected chi connectivity index (χ3v) is 6.71. The smallest absolute Gasteiger partial charge is 0.420 e. The first kappa shape index (κ1) is 26.2. The number of H-pyrrole nitrogens is 1. The topological polar surface area (TPSA) is 74.6 Å². The van der Waals surface area contributed by atoms with Gasteiger partial charge in [0.25, 0.3) is 6.01 Å². The highest BCUT2D eigenvalue weighted by atomic mass is 19.4. The second-order valence-electron chi connectivity index (χ2n) is 9.33. The van der Waals surface area contributed by atoms with Crippen molar-refractivity contribution >= 4 is 22.7 Å². The van der Waals surface area contributed by atoms with Crippen LogP contribution in [-0.4, -0.2) is 66.3 Å². The van der Waals surface area contributed by atoms with E-state index in [1.807, 2.05) is 28.1 Å². The average molecular weight is 507 g/mol. The summed E-state index contributed by atoms with van der Waals surface area (Å²) in [5.74, 6) is 0.400. The van der Waals surface area contributed by atoms with E-state index in [-0.39, 0.29) is 30.6 Å². The molecule has 1 aliphatic heterocycles. The number of carbonyl (C=O) groups excluding carboxylic acids is 1. The van der Waals surface area contributed by atoms with Crippen molar-refractivity contribution in [1.82, 2.24) is 14.9 Å². The molecule has 1 aromatic carbocycles. The SMILES string of the molecule is CCCCC(CC(=O)c1cnc(N2CCN(CCOC(F)(F)F)CC2)o1)Cc1c[nH]c2ccccc12. The van der Waals surface area contributed by atoms with E-state index in [2.05, 4.69) is 33.8 Å². The van der Waals surface area contributed by atoms with E-state index in [0.717, 1.165) is 31.2 Å². The molecule has 196 valence electrons. The first-order valence-electron chi connectivity index (χ1n) is 12.5. The molecule has 0 aliphatic carbocycles. The zero-order chi connectivity index (χ0) is 25.5. The van der Waals surface area contributed by atoms with Gasteiger partial charge in [0.15, 0.2) is 11.5 Å². The van der Waals surface area contributed by atoms with Crippen molar-refractivity contribution in [1.29, 1.82) is 0 Å². The Morgan fingerprint density at radius 1 is 1.22 bits per heavy atom. The Morgan fingerprint density at radius 3 is 2.75 bits per heavy atom. The predicted molar refractivity (Wildman–Crippen MR) is 131 cm³/mol. The zero-order valence-electron chi connectivity index (χ0n) is 20.5. The summed E-state index contributed by atoms with van der Waals surface area (Å²) in [5, 5.41) is 1.19. The molecule has 36 heavy (non-hydrogen) atoms. The molecule has 7 nitrogen and oxygen atoms in total. The van der Waals surface area contributed by atoms with E-state index >= 15 is 0 Å². The number of Topliss-reactive ketones (excluding diaryl/α,β-unsaturated/α-hetero) is 1. The van der Waals surface area contributed by atoms with Crippen LogP contribution in [0.25, 0.3) is 10.9 Å². The molecule has 1 saturated heterocycles. The number of fused-ring (bicyclic) bond motifs is 1. The Balaban J connectivity index is 1.31. The molecule has 3 aromatic rings. The molecule has 1 unspecified atom stereocenters. The van der Waals surface area contributed by atoms with Crippen LogP contribution in [0.1, 0.15) is 48.7 Å². The molecule has 1 aliphatic rings. The first-order chi connectivity index (χ1) is 17.3. The number of unbranched alkanes of at least 4 members (excludes halogenated alkanes) is 1. The number of alkyl halides is 3. The summed E-state index contributed by atoms with van der Waals surface area (Å²) in [7, 11) is 0. The minimum absolute atomic E-state index is 0.0578. The maximum atomic E-state index is 13.1. The summed E-state index contributed by atoms with van der Waals surface area (Å²) in [6.45, 7) is 4.21. The lowest BCUT2D eigenvalue weighted by molar-refractivity contribution is -0.325. The number of piperazine rings is 1. The molecule has 1 fully saturated rings. The number of aromatic nitrogens is 2. The summed E-state index contributed by atoms with van der Waals surface area (Å²) in [6, 6.07) is 8.57. The summed E-state index contributed by atoms with van der Waals surface area (Å²) >= 11 is 0. The van der Waals surface area contributed by atoms with Crippen LogP contribution in [-0.2, 0) is 11.2 Å². The number of para-hydroxylation sites is 1. The molecular formula is C26H33F3N4O3. The average Bonchev–Trinajstić information content (AvgIpc) is 3.50. The summed E-state index contributed by atoms with van der Waals surface area (Å²) in [5.41, 5.74) is 2.32. The molecule has 0 amide bonds. The highest BCUT2D eigenvalue weighted by Gasteiger charge is 2.29. The molecule has 4 rings (SSSR count). The van der Waals surface area contributed by atoms with Gasteiger partial charge in [0.05, 0.1) is 12.8 Å². The fraction of sp³-hybridized carbons (Fsp3) is 0.538. The summed E-state index contributed by atoms with van der Waals surface area (Å²) < 4.78 is 46.2. The van der Waals surface area contributed by atoms with E-state index in [4.69, 9.17) is 4.42 Å². The van der Waals surface area contributed by atoms with E-state index in [1.165, 1.54) is 17.1 Å². The molecule has 3 heterocycles. The van der Waals surface area contributed by atoms with Crippen molar-refractivity contribution in [2.24, 2.45) is 5.92 Å². The van der Waals surface area contributed by atoms with Crippen LogP contribution in [0.15, 0.2) is 41.1 Å². The standard InChI is InChI=1S/C26H33F3N4O3/c1-2-3-6-19(15-20-17-30-22-8-5-4-7-21(20)22)16-23(34)24-18-31-25(36-24)33-11-9-32(10-12-33)13-14-35-26(27,28)29/h4-5,7-8,17-19,30H,2-3,6,9-16H2,1H3. The molecule has 1 atom stereocenters. The molecule has 0 bridgehead atoms. The van der Waals surface area contributed by atoms with Crippen LogP contribution in [0, 0.1) is 5.92 Å². The predicted octanol–water partition coefficient (Wildman–Crippen LogP) is 5.44. The Hall–Kier alpha value is -2.85. The van der Waals surface area contributed by atoms with E-state index in [0.29, 0.717) is 38.6 Å². The van der Waals surface area contributed by atoms with E-state index < -0.39 is 6.36 Å². The van der Waals surface area contributed by atoms with Crippen molar-refractivity contribution in [3.63, 3.8) is 0 Å². The number of nitrogens with zero attached hydrogens (tertiary/aromatic N) is 3. The van der Waals surface area contributed by atoms with Crippen molar-refractivity contribution in [2.45, 2.75) is 45.4 Å².